The number of hydrogen-bond donors (Lipinski definition) is 1. The van der Waals surface area contributed by atoms with Crippen LogP contribution in [0.3, 0.4) is 0 Å². The van der Waals surface area contributed by atoms with Gasteiger partial charge in [0.05, 0.1) is 5.69 Å². The highest BCUT2D eigenvalue weighted by atomic mass is 32.1. The Hall–Kier alpha value is -0.610. The van der Waals surface area contributed by atoms with Crippen LogP contribution in [0.4, 0.5) is 5.13 Å². The Bertz CT molecular complexity index is 433. The number of aryl methyl sites for hydroxylation is 1. The fourth-order valence-electron chi connectivity index (χ4n) is 2.63. The number of nitrogens with one attached hydrogen (secondary N) is 1. The molecule has 1 N–H and O–H groups in total. The first-order valence-corrected chi connectivity index (χ1v) is 8.72. The lowest BCUT2D eigenvalue weighted by Gasteiger charge is -2.20. The fraction of sp³-hybridized carbons (Fsp3) is 0.812. The van der Waals surface area contributed by atoms with Crippen LogP contribution < -0.4 is 10.2 Å². The Morgan fingerprint density at radius 3 is 2.70 bits per heavy atom. The van der Waals surface area contributed by atoms with Crippen LogP contribution in [0.25, 0.3) is 0 Å². The molecule has 0 bridgehead atoms. The van der Waals surface area contributed by atoms with Gasteiger partial charge in [0.25, 0.3) is 0 Å². The molecule has 0 spiro atoms. The van der Waals surface area contributed by atoms with Crippen molar-refractivity contribution in [3.05, 3.63) is 10.6 Å². The summed E-state index contributed by atoms with van der Waals surface area (Å²) in [5.41, 5.74) is 1.47. The van der Waals surface area contributed by atoms with Crippen LogP contribution in [0.2, 0.25) is 0 Å². The summed E-state index contributed by atoms with van der Waals surface area (Å²) in [7, 11) is 0. The van der Waals surface area contributed by atoms with E-state index in [4.69, 9.17) is 4.98 Å². The van der Waals surface area contributed by atoms with Crippen molar-refractivity contribution in [1.82, 2.24) is 10.3 Å². The largest absolute Gasteiger partial charge is 0.345 e. The van der Waals surface area contributed by atoms with Crippen LogP contribution in [-0.2, 0) is 13.0 Å². The van der Waals surface area contributed by atoms with Gasteiger partial charge in [-0.15, -0.1) is 11.3 Å². The van der Waals surface area contributed by atoms with E-state index >= 15 is 0 Å². The molecule has 0 aliphatic carbocycles. The van der Waals surface area contributed by atoms with E-state index in [1.54, 1.807) is 0 Å². The first-order valence-electron chi connectivity index (χ1n) is 7.91. The van der Waals surface area contributed by atoms with Gasteiger partial charge >= 0.3 is 0 Å². The third kappa shape index (κ3) is 3.95. The zero-order valence-corrected chi connectivity index (χ0v) is 14.4. The molecule has 0 radical (unpaired) electrons. The summed E-state index contributed by atoms with van der Waals surface area (Å²) >= 11 is 1.89. The second-order valence-electron chi connectivity index (χ2n) is 6.90. The van der Waals surface area contributed by atoms with Gasteiger partial charge in [-0.2, -0.15) is 0 Å². The van der Waals surface area contributed by atoms with E-state index in [-0.39, 0.29) is 5.54 Å². The molecule has 4 heteroatoms. The summed E-state index contributed by atoms with van der Waals surface area (Å²) in [6.07, 6.45) is 4.87. The smallest absolute Gasteiger partial charge is 0.186 e. The maximum atomic E-state index is 4.94. The van der Waals surface area contributed by atoms with Crippen molar-refractivity contribution in [2.24, 2.45) is 0 Å². The van der Waals surface area contributed by atoms with Crippen molar-refractivity contribution in [3.8, 4) is 0 Å². The summed E-state index contributed by atoms with van der Waals surface area (Å²) in [6, 6.07) is 0.652. The molecule has 1 atom stereocenters. The molecule has 0 saturated carbocycles. The number of rotatable bonds is 5. The van der Waals surface area contributed by atoms with E-state index in [9.17, 15) is 0 Å². The summed E-state index contributed by atoms with van der Waals surface area (Å²) in [4.78, 5) is 8.85. The third-order valence-corrected chi connectivity index (χ3v) is 4.97. The average Bonchev–Trinajstić information content (AvgIpc) is 2.92. The van der Waals surface area contributed by atoms with Gasteiger partial charge in [0, 0.05) is 29.5 Å². The highest BCUT2D eigenvalue weighted by Gasteiger charge is 2.24. The van der Waals surface area contributed by atoms with Gasteiger partial charge in [0.1, 0.15) is 0 Å². The number of aromatic nitrogens is 1. The molecule has 1 aliphatic heterocycles. The number of nitrogens with zero attached hydrogens (tertiary/aromatic N) is 2. The Kier molecular flexibility index (Phi) is 5.08. The van der Waals surface area contributed by atoms with E-state index in [0.717, 1.165) is 13.0 Å². The molecule has 2 rings (SSSR count). The van der Waals surface area contributed by atoms with Crippen LogP contribution in [0.5, 0.6) is 0 Å². The van der Waals surface area contributed by atoms with Gasteiger partial charge in [-0.1, -0.05) is 13.3 Å². The van der Waals surface area contributed by atoms with Crippen molar-refractivity contribution < 1.29 is 0 Å². The molecule has 0 amide bonds. The molecule has 114 valence electrons. The lowest BCUT2D eigenvalue weighted by atomic mass is 10.1. The zero-order valence-electron chi connectivity index (χ0n) is 13.6. The molecule has 2 heterocycles. The van der Waals surface area contributed by atoms with Crippen LogP contribution in [0, 0.1) is 0 Å². The van der Waals surface area contributed by atoms with E-state index in [1.165, 1.54) is 41.5 Å². The van der Waals surface area contributed by atoms with Crippen molar-refractivity contribution in [1.29, 1.82) is 0 Å². The average molecular weight is 295 g/mol. The van der Waals surface area contributed by atoms with Gasteiger partial charge in [0.15, 0.2) is 5.13 Å². The third-order valence-electron chi connectivity index (χ3n) is 3.83. The molecule has 1 aliphatic rings. The zero-order chi connectivity index (χ0) is 14.8. The topological polar surface area (TPSA) is 28.2 Å². The SMILES string of the molecule is CCCc1nc(N2CCCC2C)sc1CNC(C)(C)C. The standard InChI is InChI=1S/C16H29N3S/c1-6-8-13-14(11-17-16(3,4)5)20-15(18-13)19-10-7-9-12(19)2/h12,17H,6-11H2,1-5H3. The maximum absolute atomic E-state index is 4.94. The molecule has 1 aromatic rings. The van der Waals surface area contributed by atoms with Crippen molar-refractivity contribution in [2.45, 2.75) is 78.4 Å². The minimum atomic E-state index is 0.161. The Labute approximate surface area is 127 Å². The lowest BCUT2D eigenvalue weighted by Crippen LogP contribution is -2.35. The predicted octanol–water partition coefficient (Wildman–Crippen LogP) is 3.97. The number of thiazole rings is 1. The van der Waals surface area contributed by atoms with Gasteiger partial charge in [-0.25, -0.2) is 4.98 Å². The Balaban J connectivity index is 2.14. The minimum Gasteiger partial charge on any atom is -0.345 e. The van der Waals surface area contributed by atoms with E-state index in [0.29, 0.717) is 6.04 Å². The van der Waals surface area contributed by atoms with Gasteiger partial charge in [0.2, 0.25) is 0 Å². The van der Waals surface area contributed by atoms with Gasteiger partial charge < -0.3 is 10.2 Å². The fourth-order valence-corrected chi connectivity index (χ4v) is 3.80. The number of anilines is 1. The molecule has 1 unspecified atom stereocenters. The summed E-state index contributed by atoms with van der Waals surface area (Å²) in [5.74, 6) is 0. The van der Waals surface area contributed by atoms with E-state index in [2.05, 4.69) is 44.8 Å². The van der Waals surface area contributed by atoms with Gasteiger partial charge in [-0.3, -0.25) is 0 Å². The Morgan fingerprint density at radius 2 is 2.15 bits per heavy atom. The first kappa shape index (κ1) is 15.8. The van der Waals surface area contributed by atoms with Crippen molar-refractivity contribution in [3.63, 3.8) is 0 Å². The van der Waals surface area contributed by atoms with E-state index in [1.807, 2.05) is 11.3 Å². The van der Waals surface area contributed by atoms with E-state index < -0.39 is 0 Å². The highest BCUT2D eigenvalue weighted by Crippen LogP contribution is 2.32. The second-order valence-corrected chi connectivity index (χ2v) is 7.97. The summed E-state index contributed by atoms with van der Waals surface area (Å²) < 4.78 is 0. The molecule has 20 heavy (non-hydrogen) atoms. The monoisotopic (exact) mass is 295 g/mol. The summed E-state index contributed by atoms with van der Waals surface area (Å²) in [5, 5.41) is 4.84. The van der Waals surface area contributed by atoms with Crippen molar-refractivity contribution in [2.75, 3.05) is 11.4 Å². The molecule has 1 fully saturated rings. The molecule has 0 aromatic carbocycles. The second kappa shape index (κ2) is 6.44. The van der Waals surface area contributed by atoms with Crippen LogP contribution in [0.15, 0.2) is 0 Å². The quantitative estimate of drug-likeness (QED) is 0.891. The predicted molar refractivity (Wildman–Crippen MR) is 88.7 cm³/mol. The molecule has 1 aromatic heterocycles. The van der Waals surface area contributed by atoms with Crippen LogP contribution >= 0.6 is 11.3 Å². The maximum Gasteiger partial charge on any atom is 0.186 e. The number of hydrogen-bond acceptors (Lipinski definition) is 4. The summed E-state index contributed by atoms with van der Waals surface area (Å²) in [6.45, 7) is 13.3. The Morgan fingerprint density at radius 1 is 1.40 bits per heavy atom. The molecule has 1 saturated heterocycles. The van der Waals surface area contributed by atoms with Crippen molar-refractivity contribution >= 4 is 16.5 Å². The minimum absolute atomic E-state index is 0.161. The molecular formula is C16H29N3S. The molecule has 3 nitrogen and oxygen atoms in total. The lowest BCUT2D eigenvalue weighted by molar-refractivity contribution is 0.425. The van der Waals surface area contributed by atoms with Gasteiger partial charge in [-0.05, 0) is 47.0 Å². The first-order chi connectivity index (χ1) is 9.40. The molecular weight excluding hydrogens is 266 g/mol. The normalized spacial score (nSPS) is 19.9. The van der Waals surface area contributed by atoms with Crippen LogP contribution in [0.1, 0.15) is 64.5 Å². The highest BCUT2D eigenvalue weighted by molar-refractivity contribution is 7.15. The van der Waals surface area contributed by atoms with Crippen LogP contribution in [-0.4, -0.2) is 23.1 Å².